The van der Waals surface area contributed by atoms with Crippen LogP contribution in [-0.2, 0) is 6.18 Å². The van der Waals surface area contributed by atoms with Crippen molar-refractivity contribution in [2.75, 3.05) is 26.0 Å². The van der Waals surface area contributed by atoms with E-state index < -0.39 is 11.7 Å². The van der Waals surface area contributed by atoms with Gasteiger partial charge >= 0.3 is 6.18 Å². The van der Waals surface area contributed by atoms with Gasteiger partial charge in [0, 0.05) is 23.2 Å². The number of alkyl halides is 3. The number of rotatable bonds is 6. The molecular formula is C13H18F3NOS. The highest BCUT2D eigenvalue weighted by Crippen LogP contribution is 2.31. The molecule has 1 aromatic rings. The van der Waals surface area contributed by atoms with Gasteiger partial charge in [-0.2, -0.15) is 13.2 Å². The maximum atomic E-state index is 12.5. The van der Waals surface area contributed by atoms with Gasteiger partial charge in [-0.1, -0.05) is 6.07 Å². The molecule has 0 saturated heterocycles. The maximum absolute atomic E-state index is 12.5. The Hall–Kier alpha value is -0.720. The average Bonchev–Trinajstić information content (AvgIpc) is 2.37. The second kappa shape index (κ2) is 7.17. The van der Waals surface area contributed by atoms with Crippen molar-refractivity contribution in [1.29, 1.82) is 0 Å². The van der Waals surface area contributed by atoms with Gasteiger partial charge in [0.05, 0.1) is 12.2 Å². The molecule has 0 aliphatic carbocycles. The fraction of sp³-hybridized carbons (Fsp3) is 0.538. The number of hydrogen-bond donors (Lipinski definition) is 1. The minimum atomic E-state index is -4.29. The Morgan fingerprint density at radius 3 is 2.63 bits per heavy atom. The molecule has 1 rings (SSSR count). The van der Waals surface area contributed by atoms with Crippen molar-refractivity contribution < 1.29 is 18.3 Å². The Morgan fingerprint density at radius 2 is 2.05 bits per heavy atom. The largest absolute Gasteiger partial charge is 0.416 e. The molecule has 0 aromatic heterocycles. The van der Waals surface area contributed by atoms with E-state index in [1.54, 1.807) is 6.07 Å². The lowest BCUT2D eigenvalue weighted by molar-refractivity contribution is -0.137. The zero-order valence-electron chi connectivity index (χ0n) is 10.9. The molecule has 1 unspecified atom stereocenters. The van der Waals surface area contributed by atoms with E-state index in [9.17, 15) is 13.2 Å². The third-order valence-corrected chi connectivity index (χ3v) is 3.86. The van der Waals surface area contributed by atoms with Crippen molar-refractivity contribution in [3.63, 3.8) is 0 Å². The molecular weight excluding hydrogens is 275 g/mol. The van der Waals surface area contributed by atoms with Crippen LogP contribution in [0.2, 0.25) is 0 Å². The molecule has 0 saturated carbocycles. The van der Waals surface area contributed by atoms with Crippen LogP contribution in [0.5, 0.6) is 0 Å². The number of nitrogens with zero attached hydrogens (tertiary/aromatic N) is 1. The van der Waals surface area contributed by atoms with Crippen molar-refractivity contribution in [3.05, 3.63) is 29.8 Å². The molecule has 0 radical (unpaired) electrons. The predicted octanol–water partition coefficient (Wildman–Crippen LogP) is 3.11. The van der Waals surface area contributed by atoms with Crippen molar-refractivity contribution >= 4 is 11.8 Å². The fourth-order valence-electron chi connectivity index (χ4n) is 1.43. The Labute approximate surface area is 115 Å². The van der Waals surface area contributed by atoms with Crippen LogP contribution >= 0.6 is 11.8 Å². The first kappa shape index (κ1) is 16.3. The van der Waals surface area contributed by atoms with Crippen LogP contribution in [-0.4, -0.2) is 42.0 Å². The van der Waals surface area contributed by atoms with Crippen LogP contribution in [0.1, 0.15) is 12.5 Å². The molecule has 1 N–H and O–H groups in total. The van der Waals surface area contributed by atoms with Crippen LogP contribution < -0.4 is 0 Å². The van der Waals surface area contributed by atoms with E-state index in [4.69, 9.17) is 5.11 Å². The van der Waals surface area contributed by atoms with Gasteiger partial charge in [0.1, 0.15) is 0 Å². The van der Waals surface area contributed by atoms with Crippen LogP contribution in [0.3, 0.4) is 0 Å². The summed E-state index contributed by atoms with van der Waals surface area (Å²) < 4.78 is 37.6. The van der Waals surface area contributed by atoms with Crippen molar-refractivity contribution in [2.24, 2.45) is 0 Å². The first-order chi connectivity index (χ1) is 8.84. The lowest BCUT2D eigenvalue weighted by Gasteiger charge is -2.22. The lowest BCUT2D eigenvalue weighted by atomic mass is 10.2. The van der Waals surface area contributed by atoms with Crippen LogP contribution in [0.15, 0.2) is 29.2 Å². The average molecular weight is 293 g/mol. The van der Waals surface area contributed by atoms with E-state index in [-0.39, 0.29) is 12.6 Å². The second-order valence-corrected chi connectivity index (χ2v) is 5.55. The second-order valence-electron chi connectivity index (χ2n) is 4.39. The van der Waals surface area contributed by atoms with Gasteiger partial charge in [0.2, 0.25) is 0 Å². The molecule has 6 heteroatoms. The minimum Gasteiger partial charge on any atom is -0.395 e. The van der Waals surface area contributed by atoms with E-state index >= 15 is 0 Å². The summed E-state index contributed by atoms with van der Waals surface area (Å²) in [6.07, 6.45) is -4.29. The van der Waals surface area contributed by atoms with E-state index in [1.807, 2.05) is 18.9 Å². The van der Waals surface area contributed by atoms with Gasteiger partial charge in [-0.15, -0.1) is 11.8 Å². The quantitative estimate of drug-likeness (QED) is 0.815. The Balaban J connectivity index is 2.50. The summed E-state index contributed by atoms with van der Waals surface area (Å²) in [6.45, 7) is 2.68. The van der Waals surface area contributed by atoms with E-state index in [1.165, 1.54) is 23.9 Å². The molecule has 0 amide bonds. The molecule has 1 atom stereocenters. The zero-order chi connectivity index (χ0) is 14.5. The molecule has 0 aliphatic heterocycles. The standard InChI is InChI=1S/C13H18F3NOS/c1-10(9-18)17(2)6-7-19-12-5-3-4-11(8-12)13(14,15)16/h3-5,8,10,18H,6-7,9H2,1-2H3. The van der Waals surface area contributed by atoms with E-state index in [0.717, 1.165) is 6.07 Å². The maximum Gasteiger partial charge on any atom is 0.416 e. The zero-order valence-corrected chi connectivity index (χ0v) is 11.8. The number of thioether (sulfide) groups is 1. The first-order valence-electron chi connectivity index (χ1n) is 5.95. The highest BCUT2D eigenvalue weighted by molar-refractivity contribution is 7.99. The van der Waals surface area contributed by atoms with Crippen LogP contribution in [0.4, 0.5) is 13.2 Å². The van der Waals surface area contributed by atoms with Gasteiger partial charge in [0.25, 0.3) is 0 Å². The Bertz CT molecular complexity index is 398. The minimum absolute atomic E-state index is 0.0575. The SMILES string of the molecule is CC(CO)N(C)CCSc1cccc(C(F)(F)F)c1. The number of likely N-dealkylation sites (N-methyl/N-ethyl adjacent to an activating group) is 1. The third-order valence-electron chi connectivity index (χ3n) is 2.89. The Morgan fingerprint density at radius 1 is 1.37 bits per heavy atom. The fourth-order valence-corrected chi connectivity index (χ4v) is 2.43. The van der Waals surface area contributed by atoms with E-state index in [0.29, 0.717) is 17.2 Å². The number of hydrogen-bond acceptors (Lipinski definition) is 3. The van der Waals surface area contributed by atoms with Crippen LogP contribution in [0, 0.1) is 0 Å². The van der Waals surface area contributed by atoms with Crippen LogP contribution in [0.25, 0.3) is 0 Å². The molecule has 19 heavy (non-hydrogen) atoms. The summed E-state index contributed by atoms with van der Waals surface area (Å²) in [5.74, 6) is 0.683. The molecule has 1 aromatic carbocycles. The van der Waals surface area contributed by atoms with Gasteiger partial charge in [-0.05, 0) is 32.2 Å². The smallest absolute Gasteiger partial charge is 0.395 e. The van der Waals surface area contributed by atoms with E-state index in [2.05, 4.69) is 0 Å². The number of halogens is 3. The summed E-state index contributed by atoms with van der Waals surface area (Å²) in [4.78, 5) is 2.58. The molecule has 0 heterocycles. The van der Waals surface area contributed by atoms with Gasteiger partial charge in [0.15, 0.2) is 0 Å². The summed E-state index contributed by atoms with van der Waals surface area (Å²) in [6, 6.07) is 5.40. The summed E-state index contributed by atoms with van der Waals surface area (Å²) in [5.41, 5.74) is -0.616. The highest BCUT2D eigenvalue weighted by Gasteiger charge is 2.30. The number of aliphatic hydroxyl groups is 1. The number of aliphatic hydroxyl groups excluding tert-OH is 1. The summed E-state index contributed by atoms with van der Waals surface area (Å²) >= 11 is 1.38. The normalized spacial score (nSPS) is 13.8. The topological polar surface area (TPSA) is 23.5 Å². The molecule has 108 valence electrons. The third kappa shape index (κ3) is 5.42. The molecule has 2 nitrogen and oxygen atoms in total. The summed E-state index contributed by atoms with van der Waals surface area (Å²) in [7, 11) is 1.88. The highest BCUT2D eigenvalue weighted by atomic mass is 32.2. The van der Waals surface area contributed by atoms with Gasteiger partial charge in [-0.25, -0.2) is 0 Å². The lowest BCUT2D eigenvalue weighted by Crippen LogP contribution is -2.33. The van der Waals surface area contributed by atoms with Crippen molar-refractivity contribution in [3.8, 4) is 0 Å². The molecule has 0 aliphatic rings. The molecule has 0 spiro atoms. The first-order valence-corrected chi connectivity index (χ1v) is 6.94. The Kier molecular flexibility index (Phi) is 6.16. The summed E-state index contributed by atoms with van der Waals surface area (Å²) in [5, 5.41) is 8.97. The molecule has 0 bridgehead atoms. The van der Waals surface area contributed by atoms with Gasteiger partial charge in [-0.3, -0.25) is 0 Å². The molecule has 0 fully saturated rings. The van der Waals surface area contributed by atoms with Crippen molar-refractivity contribution in [2.45, 2.75) is 24.0 Å². The predicted molar refractivity (Wildman–Crippen MR) is 71.3 cm³/mol. The van der Waals surface area contributed by atoms with Gasteiger partial charge < -0.3 is 10.0 Å². The van der Waals surface area contributed by atoms with Crippen molar-refractivity contribution in [1.82, 2.24) is 4.90 Å². The monoisotopic (exact) mass is 293 g/mol. The number of benzene rings is 1.